The van der Waals surface area contributed by atoms with Gasteiger partial charge in [0.1, 0.15) is 17.2 Å². The molecule has 0 bridgehead atoms. The summed E-state index contributed by atoms with van der Waals surface area (Å²) in [7, 11) is 1.62. The van der Waals surface area contributed by atoms with Crippen LogP contribution in [0.5, 0.6) is 17.2 Å². The Hall–Kier alpha value is -3.22. The van der Waals surface area contributed by atoms with E-state index in [2.05, 4.69) is 5.32 Å². The average Bonchev–Trinajstić information content (AvgIpc) is 2.78. The van der Waals surface area contributed by atoms with Crippen LogP contribution in [0.4, 0.5) is 5.69 Å². The summed E-state index contributed by atoms with van der Waals surface area (Å²) >= 11 is 0. The van der Waals surface area contributed by atoms with E-state index in [1.807, 2.05) is 29.2 Å². The van der Waals surface area contributed by atoms with E-state index in [-0.39, 0.29) is 23.5 Å². The van der Waals surface area contributed by atoms with Crippen molar-refractivity contribution in [2.45, 2.75) is 25.7 Å². The van der Waals surface area contributed by atoms with Gasteiger partial charge in [-0.15, -0.1) is 0 Å². The van der Waals surface area contributed by atoms with Crippen molar-refractivity contribution in [3.05, 3.63) is 48.5 Å². The Morgan fingerprint density at radius 3 is 2.40 bits per heavy atom. The van der Waals surface area contributed by atoms with Gasteiger partial charge in [0.2, 0.25) is 11.8 Å². The number of aromatic hydroxyl groups is 1. The van der Waals surface area contributed by atoms with Crippen molar-refractivity contribution in [2.24, 2.45) is 5.92 Å². The first-order valence-corrected chi connectivity index (χ1v) is 10.2. The lowest BCUT2D eigenvalue weighted by atomic mass is 9.95. The Labute approximate surface area is 176 Å². The fraction of sp³-hybridized carbons (Fsp3) is 0.391. The van der Waals surface area contributed by atoms with Crippen molar-refractivity contribution in [3.8, 4) is 17.2 Å². The lowest BCUT2D eigenvalue weighted by Crippen LogP contribution is -2.41. The summed E-state index contributed by atoms with van der Waals surface area (Å²) in [5.74, 6) is 1.39. The second kappa shape index (κ2) is 10.5. The number of benzene rings is 2. The summed E-state index contributed by atoms with van der Waals surface area (Å²) in [6, 6.07) is 14.0. The van der Waals surface area contributed by atoms with Gasteiger partial charge in [-0.25, -0.2) is 0 Å². The number of likely N-dealkylation sites (tertiary alicyclic amines) is 1. The number of rotatable bonds is 8. The molecule has 2 N–H and O–H groups in total. The van der Waals surface area contributed by atoms with Crippen LogP contribution in [0, 0.1) is 5.92 Å². The smallest absolute Gasteiger partial charge is 0.227 e. The Balaban J connectivity index is 1.35. The summed E-state index contributed by atoms with van der Waals surface area (Å²) in [4.78, 5) is 26.7. The van der Waals surface area contributed by atoms with Crippen molar-refractivity contribution in [2.75, 3.05) is 32.1 Å². The summed E-state index contributed by atoms with van der Waals surface area (Å²) in [5, 5.41) is 12.6. The van der Waals surface area contributed by atoms with Gasteiger partial charge in [0, 0.05) is 25.4 Å². The molecule has 7 heteroatoms. The molecule has 0 atom stereocenters. The van der Waals surface area contributed by atoms with E-state index >= 15 is 0 Å². The number of phenols is 1. The number of carbonyl (C=O) groups excluding carboxylic acids is 2. The normalized spacial score (nSPS) is 14.2. The first-order chi connectivity index (χ1) is 14.6. The molecule has 30 heavy (non-hydrogen) atoms. The molecule has 1 aliphatic heterocycles. The van der Waals surface area contributed by atoms with Gasteiger partial charge in [-0.05, 0) is 55.7 Å². The number of hydrogen-bond acceptors (Lipinski definition) is 5. The second-order valence-corrected chi connectivity index (χ2v) is 7.29. The Morgan fingerprint density at radius 2 is 1.73 bits per heavy atom. The molecular formula is C23H28N2O5. The Morgan fingerprint density at radius 1 is 1.07 bits per heavy atom. The van der Waals surface area contributed by atoms with E-state index < -0.39 is 0 Å². The van der Waals surface area contributed by atoms with Crippen LogP contribution < -0.4 is 14.8 Å². The minimum absolute atomic E-state index is 0.0512. The SMILES string of the molecule is COc1ccc(OCCCC(=O)N2CCC(C(=O)Nc3ccccc3O)CC2)cc1. The molecule has 2 amide bonds. The van der Waals surface area contributed by atoms with Crippen LogP contribution in [0.25, 0.3) is 0 Å². The zero-order chi connectivity index (χ0) is 21.3. The third kappa shape index (κ3) is 5.89. The second-order valence-electron chi connectivity index (χ2n) is 7.29. The van der Waals surface area contributed by atoms with Crippen molar-refractivity contribution in [1.29, 1.82) is 0 Å². The molecule has 0 aliphatic carbocycles. The predicted molar refractivity (Wildman–Crippen MR) is 114 cm³/mol. The number of phenolic OH excluding ortho intramolecular Hbond substituents is 1. The average molecular weight is 412 g/mol. The largest absolute Gasteiger partial charge is 0.506 e. The molecule has 2 aromatic carbocycles. The quantitative estimate of drug-likeness (QED) is 0.512. The molecule has 1 heterocycles. The number of piperidine rings is 1. The van der Waals surface area contributed by atoms with E-state index in [4.69, 9.17) is 9.47 Å². The third-order valence-electron chi connectivity index (χ3n) is 5.24. The highest BCUT2D eigenvalue weighted by Crippen LogP contribution is 2.25. The molecule has 0 aromatic heterocycles. The number of ether oxygens (including phenoxy) is 2. The van der Waals surface area contributed by atoms with Crippen molar-refractivity contribution in [3.63, 3.8) is 0 Å². The maximum Gasteiger partial charge on any atom is 0.227 e. The molecule has 1 fully saturated rings. The molecule has 160 valence electrons. The number of para-hydroxylation sites is 2. The molecule has 0 unspecified atom stereocenters. The number of nitrogens with one attached hydrogen (secondary N) is 1. The van der Waals surface area contributed by atoms with Gasteiger partial charge in [0.05, 0.1) is 19.4 Å². The summed E-state index contributed by atoms with van der Waals surface area (Å²) < 4.78 is 10.8. The third-order valence-corrected chi connectivity index (χ3v) is 5.24. The molecule has 0 saturated carbocycles. The highest BCUT2D eigenvalue weighted by atomic mass is 16.5. The standard InChI is InChI=1S/C23H28N2O5/c1-29-18-8-10-19(11-9-18)30-16-4-7-22(27)25-14-12-17(13-15-25)23(28)24-20-5-2-3-6-21(20)26/h2-3,5-6,8-11,17,26H,4,7,12-16H2,1H3,(H,24,28). The zero-order valence-corrected chi connectivity index (χ0v) is 17.2. The van der Waals surface area contributed by atoms with Crippen LogP contribution in [-0.4, -0.2) is 48.6 Å². The van der Waals surface area contributed by atoms with Gasteiger partial charge in [0.15, 0.2) is 0 Å². The molecule has 1 saturated heterocycles. The first kappa shape index (κ1) is 21.5. The van der Waals surface area contributed by atoms with Crippen LogP contribution in [0.3, 0.4) is 0 Å². The molecule has 0 spiro atoms. The molecule has 0 radical (unpaired) electrons. The minimum atomic E-state index is -0.160. The molecule has 1 aliphatic rings. The maximum atomic E-state index is 12.4. The van der Waals surface area contributed by atoms with Crippen molar-refractivity contribution < 1.29 is 24.2 Å². The number of amides is 2. The highest BCUT2D eigenvalue weighted by molar-refractivity contribution is 5.94. The van der Waals surface area contributed by atoms with Gasteiger partial charge >= 0.3 is 0 Å². The maximum absolute atomic E-state index is 12.4. The monoisotopic (exact) mass is 412 g/mol. The summed E-state index contributed by atoms with van der Waals surface area (Å²) in [6.45, 7) is 1.60. The Bertz CT molecular complexity index is 845. The number of nitrogens with zero attached hydrogens (tertiary/aromatic N) is 1. The van der Waals surface area contributed by atoms with Crippen molar-refractivity contribution in [1.82, 2.24) is 4.90 Å². The predicted octanol–water partition coefficient (Wildman–Crippen LogP) is 3.44. The van der Waals surface area contributed by atoms with E-state index in [9.17, 15) is 14.7 Å². The molecular weight excluding hydrogens is 384 g/mol. The highest BCUT2D eigenvalue weighted by Gasteiger charge is 2.27. The lowest BCUT2D eigenvalue weighted by molar-refractivity contribution is -0.134. The minimum Gasteiger partial charge on any atom is -0.506 e. The Kier molecular flexibility index (Phi) is 7.54. The number of methoxy groups -OCH3 is 1. The summed E-state index contributed by atoms with van der Waals surface area (Å²) in [5.41, 5.74) is 0.415. The molecule has 3 rings (SSSR count). The van der Waals surface area contributed by atoms with Gasteiger partial charge in [0.25, 0.3) is 0 Å². The van der Waals surface area contributed by atoms with Gasteiger partial charge < -0.3 is 24.8 Å². The van der Waals surface area contributed by atoms with E-state index in [1.54, 1.807) is 25.3 Å². The summed E-state index contributed by atoms with van der Waals surface area (Å²) in [6.07, 6.45) is 2.30. The van der Waals surface area contributed by atoms with Crippen molar-refractivity contribution >= 4 is 17.5 Å². The lowest BCUT2D eigenvalue weighted by Gasteiger charge is -2.31. The fourth-order valence-electron chi connectivity index (χ4n) is 3.45. The van der Waals surface area contributed by atoms with E-state index in [0.29, 0.717) is 51.1 Å². The molecule has 7 nitrogen and oxygen atoms in total. The zero-order valence-electron chi connectivity index (χ0n) is 17.2. The van der Waals surface area contributed by atoms with E-state index in [1.165, 1.54) is 6.07 Å². The number of carbonyl (C=O) groups is 2. The molecule has 2 aromatic rings. The number of hydrogen-bond donors (Lipinski definition) is 2. The fourth-order valence-corrected chi connectivity index (χ4v) is 3.45. The number of anilines is 1. The van der Waals surface area contributed by atoms with Gasteiger partial charge in [-0.2, -0.15) is 0 Å². The van der Waals surface area contributed by atoms with E-state index in [0.717, 1.165) is 11.5 Å². The first-order valence-electron chi connectivity index (χ1n) is 10.2. The topological polar surface area (TPSA) is 88.1 Å². The van der Waals surface area contributed by atoms with Gasteiger partial charge in [-0.3, -0.25) is 9.59 Å². The van der Waals surface area contributed by atoms with Gasteiger partial charge in [-0.1, -0.05) is 12.1 Å². The van der Waals surface area contributed by atoms with Crippen LogP contribution in [0.2, 0.25) is 0 Å². The van der Waals surface area contributed by atoms with Crippen LogP contribution in [0.15, 0.2) is 48.5 Å². The van der Waals surface area contributed by atoms with Crippen LogP contribution in [-0.2, 0) is 9.59 Å². The van der Waals surface area contributed by atoms with Crippen LogP contribution in [0.1, 0.15) is 25.7 Å². The van der Waals surface area contributed by atoms with Crippen LogP contribution >= 0.6 is 0 Å².